The number of halogens is 1. The fourth-order valence-corrected chi connectivity index (χ4v) is 3.61. The smallest absolute Gasteiger partial charge is 0.0701 e. The van der Waals surface area contributed by atoms with Crippen molar-refractivity contribution in [1.29, 1.82) is 0 Å². The van der Waals surface area contributed by atoms with Crippen LogP contribution in [-0.2, 0) is 4.74 Å². The summed E-state index contributed by atoms with van der Waals surface area (Å²) in [5, 5.41) is 3.57. The molecular weight excluding hydrogens is 298 g/mol. The minimum absolute atomic E-state index is 0.440. The van der Waals surface area contributed by atoms with Crippen molar-refractivity contribution >= 4 is 27.3 Å². The lowest BCUT2D eigenvalue weighted by atomic mass is 10.1. The number of nitrogens with one attached hydrogen (secondary N) is 1. The molecule has 0 spiro atoms. The third-order valence-electron chi connectivity index (χ3n) is 3.21. The van der Waals surface area contributed by atoms with E-state index in [2.05, 4.69) is 40.3 Å². The molecule has 1 aromatic rings. The molecular formula is C13H20BrNOS. The molecule has 0 amide bonds. The Morgan fingerprint density at radius 1 is 1.53 bits per heavy atom. The van der Waals surface area contributed by atoms with Crippen molar-refractivity contribution in [1.82, 2.24) is 5.32 Å². The molecule has 0 aromatic carbocycles. The predicted octanol–water partition coefficient (Wildman–Crippen LogP) is 4.12. The molecule has 1 fully saturated rings. The van der Waals surface area contributed by atoms with E-state index in [0.29, 0.717) is 12.1 Å². The van der Waals surface area contributed by atoms with Gasteiger partial charge in [0.25, 0.3) is 0 Å². The van der Waals surface area contributed by atoms with Crippen molar-refractivity contribution in [3.8, 4) is 0 Å². The Bertz CT molecular complexity index is 336. The fourth-order valence-electron chi connectivity index (χ4n) is 2.16. The maximum absolute atomic E-state index is 5.72. The van der Waals surface area contributed by atoms with Crippen molar-refractivity contribution < 1.29 is 4.74 Å². The zero-order chi connectivity index (χ0) is 12.1. The average Bonchev–Trinajstić information content (AvgIpc) is 2.77. The first-order valence-corrected chi connectivity index (χ1v) is 7.97. The molecule has 2 nitrogen and oxygen atoms in total. The first-order valence-electron chi connectivity index (χ1n) is 6.36. The van der Waals surface area contributed by atoms with E-state index in [4.69, 9.17) is 4.74 Å². The lowest BCUT2D eigenvalue weighted by Crippen LogP contribution is -2.26. The molecule has 2 atom stereocenters. The largest absolute Gasteiger partial charge is 0.378 e. The van der Waals surface area contributed by atoms with Crippen molar-refractivity contribution in [2.75, 3.05) is 13.2 Å². The summed E-state index contributed by atoms with van der Waals surface area (Å²) in [5.41, 5.74) is 0. The van der Waals surface area contributed by atoms with Crippen molar-refractivity contribution in [3.05, 3.63) is 20.8 Å². The van der Waals surface area contributed by atoms with Crippen LogP contribution in [-0.4, -0.2) is 19.3 Å². The third-order valence-corrected chi connectivity index (χ3v) is 5.02. The van der Waals surface area contributed by atoms with Crippen molar-refractivity contribution in [2.24, 2.45) is 0 Å². The van der Waals surface area contributed by atoms with Gasteiger partial charge in [-0.2, -0.15) is 0 Å². The van der Waals surface area contributed by atoms with Gasteiger partial charge in [-0.05, 0) is 67.2 Å². The zero-order valence-corrected chi connectivity index (χ0v) is 12.6. The van der Waals surface area contributed by atoms with Crippen LogP contribution in [0.25, 0.3) is 0 Å². The first-order chi connectivity index (χ1) is 8.25. The molecule has 0 bridgehead atoms. The highest BCUT2D eigenvalue weighted by Crippen LogP contribution is 2.27. The Morgan fingerprint density at radius 3 is 3.06 bits per heavy atom. The van der Waals surface area contributed by atoms with E-state index in [9.17, 15) is 0 Å². The minimum atomic E-state index is 0.440. The van der Waals surface area contributed by atoms with Crippen molar-refractivity contribution in [2.45, 2.75) is 44.8 Å². The van der Waals surface area contributed by atoms with Gasteiger partial charge in [-0.15, -0.1) is 11.3 Å². The Balaban J connectivity index is 1.67. The SMILES string of the molecule is CC(NCCC1CCCCO1)c1ccc(Br)s1. The first kappa shape index (κ1) is 13.5. The summed E-state index contributed by atoms with van der Waals surface area (Å²) >= 11 is 5.31. The highest BCUT2D eigenvalue weighted by Gasteiger charge is 2.14. The van der Waals surface area contributed by atoms with Crippen LogP contribution in [0.5, 0.6) is 0 Å². The molecule has 96 valence electrons. The summed E-state index contributed by atoms with van der Waals surface area (Å²) in [6.45, 7) is 4.22. The molecule has 0 radical (unpaired) electrons. The highest BCUT2D eigenvalue weighted by atomic mass is 79.9. The molecule has 4 heteroatoms. The van der Waals surface area contributed by atoms with Gasteiger partial charge >= 0.3 is 0 Å². The minimum Gasteiger partial charge on any atom is -0.378 e. The molecule has 1 N–H and O–H groups in total. The quantitative estimate of drug-likeness (QED) is 0.882. The summed E-state index contributed by atoms with van der Waals surface area (Å²) in [7, 11) is 0. The fraction of sp³-hybridized carbons (Fsp3) is 0.692. The van der Waals surface area contributed by atoms with E-state index < -0.39 is 0 Å². The average molecular weight is 318 g/mol. The maximum atomic E-state index is 5.72. The molecule has 0 saturated carbocycles. The van der Waals surface area contributed by atoms with E-state index in [-0.39, 0.29) is 0 Å². The van der Waals surface area contributed by atoms with Crippen LogP contribution in [0, 0.1) is 0 Å². The van der Waals surface area contributed by atoms with E-state index >= 15 is 0 Å². The maximum Gasteiger partial charge on any atom is 0.0701 e. The van der Waals surface area contributed by atoms with Gasteiger partial charge in [-0.25, -0.2) is 0 Å². The number of hydrogen-bond acceptors (Lipinski definition) is 3. The Morgan fingerprint density at radius 2 is 2.41 bits per heavy atom. The second kappa shape index (κ2) is 6.88. The van der Waals surface area contributed by atoms with Crippen LogP contribution in [0.3, 0.4) is 0 Å². The van der Waals surface area contributed by atoms with Gasteiger partial charge in [0, 0.05) is 17.5 Å². The van der Waals surface area contributed by atoms with Gasteiger partial charge in [0.05, 0.1) is 9.89 Å². The molecule has 1 aliphatic rings. The summed E-state index contributed by atoms with van der Waals surface area (Å²) in [6.07, 6.45) is 5.43. The number of rotatable bonds is 5. The molecule has 2 heterocycles. The Labute approximate surface area is 116 Å². The third kappa shape index (κ3) is 4.36. The number of hydrogen-bond donors (Lipinski definition) is 1. The highest BCUT2D eigenvalue weighted by molar-refractivity contribution is 9.11. The standard InChI is InChI=1S/C13H20BrNOS/c1-10(12-5-6-13(14)17-12)15-8-7-11-4-2-3-9-16-11/h5-6,10-11,15H,2-4,7-9H2,1H3. The topological polar surface area (TPSA) is 21.3 Å². The second-order valence-corrected chi connectivity index (χ2v) is 7.09. The summed E-state index contributed by atoms with van der Waals surface area (Å²) in [6, 6.07) is 4.74. The summed E-state index contributed by atoms with van der Waals surface area (Å²) in [4.78, 5) is 1.39. The van der Waals surface area contributed by atoms with Crippen LogP contribution in [0.2, 0.25) is 0 Å². The normalized spacial score (nSPS) is 22.6. The van der Waals surface area contributed by atoms with Crippen LogP contribution >= 0.6 is 27.3 Å². The van der Waals surface area contributed by atoms with E-state index in [1.807, 2.05) is 0 Å². The molecule has 1 saturated heterocycles. The zero-order valence-electron chi connectivity index (χ0n) is 10.2. The van der Waals surface area contributed by atoms with Gasteiger partial charge in [-0.1, -0.05) is 0 Å². The van der Waals surface area contributed by atoms with Gasteiger partial charge in [-0.3, -0.25) is 0 Å². The van der Waals surface area contributed by atoms with E-state index in [1.54, 1.807) is 11.3 Å². The second-order valence-electron chi connectivity index (χ2n) is 4.59. The van der Waals surface area contributed by atoms with Crippen LogP contribution in [0.15, 0.2) is 15.9 Å². The lowest BCUT2D eigenvalue weighted by molar-refractivity contribution is 0.0113. The van der Waals surface area contributed by atoms with Crippen LogP contribution in [0.4, 0.5) is 0 Å². The lowest BCUT2D eigenvalue weighted by Gasteiger charge is -2.23. The molecule has 2 rings (SSSR count). The van der Waals surface area contributed by atoms with E-state index in [1.165, 1.54) is 27.9 Å². The molecule has 1 aromatic heterocycles. The van der Waals surface area contributed by atoms with Crippen LogP contribution < -0.4 is 5.32 Å². The van der Waals surface area contributed by atoms with Gasteiger partial charge in [0.2, 0.25) is 0 Å². The van der Waals surface area contributed by atoms with Gasteiger partial charge in [0.15, 0.2) is 0 Å². The van der Waals surface area contributed by atoms with Gasteiger partial charge in [0.1, 0.15) is 0 Å². The molecule has 0 aliphatic carbocycles. The summed E-state index contributed by atoms with van der Waals surface area (Å²) in [5.74, 6) is 0. The number of ether oxygens (including phenoxy) is 1. The van der Waals surface area contributed by atoms with Crippen LogP contribution in [0.1, 0.15) is 43.5 Å². The molecule has 2 unspecified atom stereocenters. The Kier molecular flexibility index (Phi) is 5.48. The summed E-state index contributed by atoms with van der Waals surface area (Å²) < 4.78 is 6.93. The number of thiophene rings is 1. The predicted molar refractivity (Wildman–Crippen MR) is 76.6 cm³/mol. The molecule has 17 heavy (non-hydrogen) atoms. The van der Waals surface area contributed by atoms with Gasteiger partial charge < -0.3 is 10.1 Å². The monoisotopic (exact) mass is 317 g/mol. The Hall–Kier alpha value is 0.1000. The molecule has 1 aliphatic heterocycles. The van der Waals surface area contributed by atoms with Crippen molar-refractivity contribution in [3.63, 3.8) is 0 Å². The van der Waals surface area contributed by atoms with E-state index in [0.717, 1.165) is 19.6 Å².